The lowest BCUT2D eigenvalue weighted by Gasteiger charge is -2.30. The minimum Gasteiger partial charge on any atom is -0.395 e. The average Bonchev–Trinajstić information content (AvgIpc) is 3.34. The van der Waals surface area contributed by atoms with Crippen LogP contribution in [0.1, 0.15) is 32.2 Å². The van der Waals surface area contributed by atoms with E-state index in [-0.39, 0.29) is 24.4 Å². The van der Waals surface area contributed by atoms with Crippen LogP contribution in [-0.2, 0) is 5.41 Å². The molecule has 0 spiro atoms. The van der Waals surface area contributed by atoms with Gasteiger partial charge in [-0.15, -0.1) is 0 Å². The molecule has 0 fully saturated rings. The highest BCUT2D eigenvalue weighted by atomic mass is 16.5. The van der Waals surface area contributed by atoms with Crippen LogP contribution in [-0.4, -0.2) is 53.3 Å². The first-order valence-corrected chi connectivity index (χ1v) is 10.5. The third kappa shape index (κ3) is 4.48. The molecule has 4 N–H and O–H groups in total. The average molecular weight is 448 g/mol. The smallest absolute Gasteiger partial charge is 0.278 e. The van der Waals surface area contributed by atoms with E-state index in [0.717, 1.165) is 16.8 Å². The molecule has 0 bridgehead atoms. The van der Waals surface area contributed by atoms with Crippen LogP contribution < -0.4 is 11.1 Å². The van der Waals surface area contributed by atoms with Gasteiger partial charge in [-0.2, -0.15) is 4.98 Å². The van der Waals surface area contributed by atoms with Crippen molar-refractivity contribution in [3.63, 3.8) is 0 Å². The van der Waals surface area contributed by atoms with Gasteiger partial charge < -0.3 is 20.7 Å². The van der Waals surface area contributed by atoms with Crippen LogP contribution in [0.3, 0.4) is 0 Å². The van der Waals surface area contributed by atoms with Gasteiger partial charge in [-0.25, -0.2) is 19.9 Å². The summed E-state index contributed by atoms with van der Waals surface area (Å²) in [5, 5.41) is 16.1. The number of aromatic nitrogens is 7. The summed E-state index contributed by atoms with van der Waals surface area (Å²) in [6.07, 6.45) is 8.20. The Balaban J connectivity index is 1.61. The highest BCUT2D eigenvalue weighted by Gasteiger charge is 2.38. The van der Waals surface area contributed by atoms with E-state index in [1.807, 2.05) is 18.3 Å². The molecule has 0 aliphatic carbocycles. The molecule has 0 saturated heterocycles. The number of anilines is 2. The first-order chi connectivity index (χ1) is 15.9. The minimum absolute atomic E-state index is 0.00777. The van der Waals surface area contributed by atoms with E-state index in [1.54, 1.807) is 24.8 Å². The second kappa shape index (κ2) is 9.25. The molecule has 0 aliphatic rings. The molecule has 1 unspecified atom stereocenters. The molecule has 0 saturated carbocycles. The third-order valence-corrected chi connectivity index (χ3v) is 5.66. The molecule has 0 aromatic carbocycles. The van der Waals surface area contributed by atoms with Crippen molar-refractivity contribution in [2.24, 2.45) is 5.92 Å². The summed E-state index contributed by atoms with van der Waals surface area (Å²) in [6.45, 7) is 6.65. The summed E-state index contributed by atoms with van der Waals surface area (Å²) in [7, 11) is 0. The third-order valence-electron chi connectivity index (χ3n) is 5.66. The Morgan fingerprint density at radius 3 is 2.36 bits per heavy atom. The van der Waals surface area contributed by atoms with Crippen LogP contribution in [0.25, 0.3) is 22.8 Å². The van der Waals surface area contributed by atoms with E-state index < -0.39 is 5.41 Å². The van der Waals surface area contributed by atoms with Gasteiger partial charge in [0.05, 0.1) is 30.1 Å². The normalized spacial score (nSPS) is 13.1. The SMILES string of the molecule is CC(C)C(C)(c1ccc(-c2cnc(N)nc2)nc1)c1noc(-c2cnc(NCCO)cn2)n1. The van der Waals surface area contributed by atoms with Gasteiger partial charge in [0.15, 0.2) is 5.82 Å². The van der Waals surface area contributed by atoms with Crippen LogP contribution in [0.2, 0.25) is 0 Å². The lowest BCUT2D eigenvalue weighted by Crippen LogP contribution is -2.31. The topological polar surface area (TPSA) is 162 Å². The molecule has 4 aromatic heterocycles. The Morgan fingerprint density at radius 2 is 1.76 bits per heavy atom. The highest BCUT2D eigenvalue weighted by Crippen LogP contribution is 2.38. The van der Waals surface area contributed by atoms with Crippen molar-refractivity contribution >= 4 is 11.8 Å². The van der Waals surface area contributed by atoms with Gasteiger partial charge in [0.1, 0.15) is 11.5 Å². The molecular weight excluding hydrogens is 422 g/mol. The molecule has 170 valence electrons. The van der Waals surface area contributed by atoms with E-state index >= 15 is 0 Å². The van der Waals surface area contributed by atoms with Crippen molar-refractivity contribution in [1.29, 1.82) is 0 Å². The van der Waals surface area contributed by atoms with E-state index in [1.165, 1.54) is 0 Å². The van der Waals surface area contributed by atoms with Gasteiger partial charge in [0.25, 0.3) is 5.89 Å². The summed E-state index contributed by atoms with van der Waals surface area (Å²) >= 11 is 0. The molecular formula is C22H25N9O2. The van der Waals surface area contributed by atoms with Crippen molar-refractivity contribution < 1.29 is 9.63 Å². The number of nitrogen functional groups attached to an aromatic ring is 1. The van der Waals surface area contributed by atoms with E-state index in [0.29, 0.717) is 23.9 Å². The van der Waals surface area contributed by atoms with Gasteiger partial charge >= 0.3 is 0 Å². The van der Waals surface area contributed by atoms with Crippen LogP contribution in [0.4, 0.5) is 11.8 Å². The lowest BCUT2D eigenvalue weighted by atomic mass is 9.73. The molecule has 0 radical (unpaired) electrons. The van der Waals surface area contributed by atoms with Crippen LogP contribution in [0, 0.1) is 5.92 Å². The van der Waals surface area contributed by atoms with E-state index in [9.17, 15) is 0 Å². The number of pyridine rings is 1. The maximum absolute atomic E-state index is 8.90. The minimum atomic E-state index is -0.555. The molecule has 0 amide bonds. The molecule has 11 heteroatoms. The van der Waals surface area contributed by atoms with Crippen LogP contribution in [0.5, 0.6) is 0 Å². The van der Waals surface area contributed by atoms with Crippen molar-refractivity contribution in [2.75, 3.05) is 24.2 Å². The fourth-order valence-corrected chi connectivity index (χ4v) is 3.31. The van der Waals surface area contributed by atoms with Gasteiger partial charge in [-0.05, 0) is 24.5 Å². The number of nitrogens with zero attached hydrogens (tertiary/aromatic N) is 7. The predicted molar refractivity (Wildman–Crippen MR) is 122 cm³/mol. The zero-order valence-corrected chi connectivity index (χ0v) is 18.6. The number of rotatable bonds is 8. The zero-order chi connectivity index (χ0) is 23.4. The Kier molecular flexibility index (Phi) is 6.22. The molecule has 0 aliphatic heterocycles. The number of aliphatic hydroxyl groups excluding tert-OH is 1. The van der Waals surface area contributed by atoms with Crippen molar-refractivity contribution in [2.45, 2.75) is 26.2 Å². The summed E-state index contributed by atoms with van der Waals surface area (Å²) in [4.78, 5) is 25.9. The Hall–Kier alpha value is -3.99. The first-order valence-electron chi connectivity index (χ1n) is 10.5. The number of hydrogen-bond acceptors (Lipinski definition) is 11. The quantitative estimate of drug-likeness (QED) is 0.363. The van der Waals surface area contributed by atoms with E-state index in [2.05, 4.69) is 61.1 Å². The first kappa shape index (κ1) is 22.2. The maximum atomic E-state index is 8.90. The fraction of sp³-hybridized carbons (Fsp3) is 0.318. The molecule has 11 nitrogen and oxygen atoms in total. The largest absolute Gasteiger partial charge is 0.395 e. The molecule has 1 atom stereocenters. The number of hydrogen-bond donors (Lipinski definition) is 3. The second-order valence-corrected chi connectivity index (χ2v) is 7.98. The fourth-order valence-electron chi connectivity index (χ4n) is 3.31. The number of aliphatic hydroxyl groups is 1. The standard InChI is InChI=1S/C22H25N9O2/c1-13(2)22(3,15-4-5-16(25-10-15)14-8-28-21(23)29-9-14)20-30-19(33-31-20)17-11-27-18(12-26-17)24-6-7-32/h4-5,8-13,32H,6-7H2,1-3H3,(H,24,27)(H2,23,28,29). The van der Waals surface area contributed by atoms with Crippen LogP contribution >= 0.6 is 0 Å². The Morgan fingerprint density at radius 1 is 1.00 bits per heavy atom. The number of nitrogens with one attached hydrogen (secondary N) is 1. The molecule has 4 aromatic rings. The van der Waals surface area contributed by atoms with E-state index in [4.69, 9.17) is 15.4 Å². The molecule has 33 heavy (non-hydrogen) atoms. The van der Waals surface area contributed by atoms with Crippen molar-refractivity contribution in [1.82, 2.24) is 35.1 Å². The molecule has 4 heterocycles. The summed E-state index contributed by atoms with van der Waals surface area (Å²) in [6, 6.07) is 3.91. The Bertz CT molecular complexity index is 1190. The number of nitrogens with two attached hydrogens (primary N) is 1. The predicted octanol–water partition coefficient (Wildman–Crippen LogP) is 2.33. The lowest BCUT2D eigenvalue weighted by molar-refractivity contribution is 0.311. The monoisotopic (exact) mass is 447 g/mol. The highest BCUT2D eigenvalue weighted by molar-refractivity contribution is 5.57. The maximum Gasteiger partial charge on any atom is 0.278 e. The summed E-state index contributed by atoms with van der Waals surface area (Å²) in [5.41, 5.74) is 7.94. The summed E-state index contributed by atoms with van der Waals surface area (Å²) < 4.78 is 5.52. The summed E-state index contributed by atoms with van der Waals surface area (Å²) in [5.74, 6) is 1.73. The molecule has 4 rings (SSSR count). The van der Waals surface area contributed by atoms with Crippen molar-refractivity contribution in [3.8, 4) is 22.8 Å². The second-order valence-electron chi connectivity index (χ2n) is 7.98. The van der Waals surface area contributed by atoms with Crippen LogP contribution in [0.15, 0.2) is 47.6 Å². The Labute approximate surface area is 190 Å². The van der Waals surface area contributed by atoms with Gasteiger partial charge in [0, 0.05) is 30.7 Å². The zero-order valence-electron chi connectivity index (χ0n) is 18.6. The van der Waals surface area contributed by atoms with Gasteiger partial charge in [0.2, 0.25) is 5.95 Å². The van der Waals surface area contributed by atoms with Gasteiger partial charge in [-0.1, -0.05) is 25.1 Å². The van der Waals surface area contributed by atoms with Gasteiger partial charge in [-0.3, -0.25) is 4.98 Å². The van der Waals surface area contributed by atoms with Crippen molar-refractivity contribution in [3.05, 3.63) is 54.5 Å².